The summed E-state index contributed by atoms with van der Waals surface area (Å²) in [6.45, 7) is 2.66. The molecule has 0 atom stereocenters. The number of nitrogens with zero attached hydrogens (tertiary/aromatic N) is 4. The lowest BCUT2D eigenvalue weighted by Gasteiger charge is -2.10. The SMILES string of the molecule is CCn1cnc2c(-c3ccc(F)c(-c4cc(F)cc(C(=O)NC)c4)c3)cnnc21. The van der Waals surface area contributed by atoms with Gasteiger partial charge in [-0.1, -0.05) is 6.07 Å². The number of hydrogen-bond acceptors (Lipinski definition) is 4. The molecule has 8 heteroatoms. The van der Waals surface area contributed by atoms with Crippen molar-refractivity contribution in [3.05, 3.63) is 66.1 Å². The molecule has 0 radical (unpaired) electrons. The van der Waals surface area contributed by atoms with E-state index in [4.69, 9.17) is 0 Å². The van der Waals surface area contributed by atoms with Gasteiger partial charge in [0.15, 0.2) is 5.65 Å². The molecular formula is C21H17F2N5O. The van der Waals surface area contributed by atoms with Crippen LogP contribution in [0.1, 0.15) is 17.3 Å². The van der Waals surface area contributed by atoms with Gasteiger partial charge in [0, 0.05) is 30.3 Å². The first-order valence-electron chi connectivity index (χ1n) is 9.01. The van der Waals surface area contributed by atoms with Gasteiger partial charge in [-0.25, -0.2) is 13.8 Å². The molecule has 1 N–H and O–H groups in total. The number of nitrogens with one attached hydrogen (secondary N) is 1. The maximum atomic E-state index is 14.6. The number of halogens is 2. The standard InChI is InChI=1S/C21H17F2N5O/c1-3-28-11-25-19-17(10-26-27-20(19)28)12-4-5-18(23)16(9-12)13-6-14(21(29)24-2)8-15(22)7-13/h4-11H,3H2,1-2H3,(H,24,29). The number of carbonyl (C=O) groups is 1. The lowest BCUT2D eigenvalue weighted by atomic mass is 9.97. The molecule has 2 heterocycles. The van der Waals surface area contributed by atoms with E-state index >= 15 is 0 Å². The number of carbonyl (C=O) groups excluding carboxylic acids is 1. The number of amides is 1. The molecule has 1 amide bonds. The van der Waals surface area contributed by atoms with Gasteiger partial charge in [-0.15, -0.1) is 5.10 Å². The van der Waals surface area contributed by atoms with E-state index in [2.05, 4.69) is 20.5 Å². The predicted octanol–water partition coefficient (Wildman–Crippen LogP) is 3.82. The van der Waals surface area contributed by atoms with Crippen LogP contribution in [0.5, 0.6) is 0 Å². The van der Waals surface area contributed by atoms with Crippen molar-refractivity contribution in [1.82, 2.24) is 25.1 Å². The second-order valence-electron chi connectivity index (χ2n) is 6.46. The van der Waals surface area contributed by atoms with Crippen LogP contribution < -0.4 is 5.32 Å². The largest absolute Gasteiger partial charge is 0.355 e. The number of aryl methyl sites for hydroxylation is 1. The molecule has 2 aromatic heterocycles. The first kappa shape index (κ1) is 18.7. The van der Waals surface area contributed by atoms with Gasteiger partial charge in [-0.3, -0.25) is 4.79 Å². The second kappa shape index (κ2) is 7.38. The Balaban J connectivity index is 1.88. The number of fused-ring (bicyclic) bond motifs is 1. The van der Waals surface area contributed by atoms with Crippen LogP contribution in [-0.2, 0) is 6.54 Å². The summed E-state index contributed by atoms with van der Waals surface area (Å²) >= 11 is 0. The van der Waals surface area contributed by atoms with Crippen molar-refractivity contribution in [3.63, 3.8) is 0 Å². The molecule has 4 rings (SSSR count). The first-order valence-corrected chi connectivity index (χ1v) is 9.01. The van der Waals surface area contributed by atoms with Crippen molar-refractivity contribution in [3.8, 4) is 22.3 Å². The van der Waals surface area contributed by atoms with Crippen LogP contribution in [0.2, 0.25) is 0 Å². The zero-order valence-corrected chi connectivity index (χ0v) is 15.8. The van der Waals surface area contributed by atoms with Gasteiger partial charge in [0.25, 0.3) is 5.91 Å². The summed E-state index contributed by atoms with van der Waals surface area (Å²) in [7, 11) is 1.45. The van der Waals surface area contributed by atoms with Crippen molar-refractivity contribution < 1.29 is 13.6 Å². The number of benzene rings is 2. The molecule has 0 saturated heterocycles. The fourth-order valence-corrected chi connectivity index (χ4v) is 3.25. The molecule has 2 aromatic carbocycles. The van der Waals surface area contributed by atoms with Gasteiger partial charge in [-0.05, 0) is 48.4 Å². The average molecular weight is 393 g/mol. The molecule has 6 nitrogen and oxygen atoms in total. The molecule has 0 fully saturated rings. The van der Waals surface area contributed by atoms with E-state index in [9.17, 15) is 13.6 Å². The van der Waals surface area contributed by atoms with Crippen LogP contribution in [0, 0.1) is 11.6 Å². The molecule has 0 bridgehead atoms. The third kappa shape index (κ3) is 3.33. The van der Waals surface area contributed by atoms with E-state index in [1.807, 2.05) is 11.5 Å². The normalized spacial score (nSPS) is 11.0. The number of imidazole rings is 1. The van der Waals surface area contributed by atoms with Gasteiger partial charge >= 0.3 is 0 Å². The van der Waals surface area contributed by atoms with E-state index in [0.29, 0.717) is 28.8 Å². The lowest BCUT2D eigenvalue weighted by molar-refractivity contribution is 0.0962. The third-order valence-electron chi connectivity index (χ3n) is 4.72. The monoisotopic (exact) mass is 393 g/mol. The summed E-state index contributed by atoms with van der Waals surface area (Å²) in [4.78, 5) is 16.3. The number of hydrogen-bond donors (Lipinski definition) is 1. The Morgan fingerprint density at radius 1 is 1.10 bits per heavy atom. The molecule has 0 unspecified atom stereocenters. The Morgan fingerprint density at radius 3 is 2.69 bits per heavy atom. The van der Waals surface area contributed by atoms with Crippen LogP contribution in [0.3, 0.4) is 0 Å². The average Bonchev–Trinajstić information content (AvgIpc) is 3.16. The first-order chi connectivity index (χ1) is 14.0. The molecule has 0 spiro atoms. The minimum Gasteiger partial charge on any atom is -0.355 e. The molecule has 29 heavy (non-hydrogen) atoms. The van der Waals surface area contributed by atoms with Crippen LogP contribution in [-0.4, -0.2) is 32.7 Å². The molecule has 146 valence electrons. The zero-order valence-electron chi connectivity index (χ0n) is 15.8. The lowest BCUT2D eigenvalue weighted by Crippen LogP contribution is -2.18. The van der Waals surface area contributed by atoms with E-state index < -0.39 is 17.5 Å². The number of aromatic nitrogens is 4. The third-order valence-corrected chi connectivity index (χ3v) is 4.72. The summed E-state index contributed by atoms with van der Waals surface area (Å²) in [6, 6.07) is 8.27. The van der Waals surface area contributed by atoms with Crippen molar-refractivity contribution in [2.75, 3.05) is 7.05 Å². The summed E-state index contributed by atoms with van der Waals surface area (Å²) in [5.74, 6) is -1.60. The summed E-state index contributed by atoms with van der Waals surface area (Å²) in [5.41, 5.74) is 3.17. The highest BCUT2D eigenvalue weighted by Gasteiger charge is 2.15. The van der Waals surface area contributed by atoms with Gasteiger partial charge in [0.1, 0.15) is 17.2 Å². The minimum absolute atomic E-state index is 0.113. The van der Waals surface area contributed by atoms with Crippen molar-refractivity contribution >= 4 is 17.1 Å². The highest BCUT2D eigenvalue weighted by molar-refractivity contribution is 5.95. The smallest absolute Gasteiger partial charge is 0.251 e. The summed E-state index contributed by atoms with van der Waals surface area (Å²) in [6.07, 6.45) is 3.24. The van der Waals surface area contributed by atoms with Gasteiger partial charge in [-0.2, -0.15) is 5.10 Å². The molecule has 0 aliphatic rings. The van der Waals surface area contributed by atoms with Crippen LogP contribution in [0.15, 0.2) is 48.9 Å². The maximum Gasteiger partial charge on any atom is 0.251 e. The maximum absolute atomic E-state index is 14.6. The molecule has 0 aliphatic carbocycles. The quantitative estimate of drug-likeness (QED) is 0.572. The van der Waals surface area contributed by atoms with Crippen molar-refractivity contribution in [2.24, 2.45) is 0 Å². The summed E-state index contributed by atoms with van der Waals surface area (Å²) < 4.78 is 30.6. The predicted molar refractivity (Wildman–Crippen MR) is 105 cm³/mol. The van der Waals surface area contributed by atoms with E-state index in [1.165, 1.54) is 25.2 Å². The van der Waals surface area contributed by atoms with E-state index in [-0.39, 0.29) is 16.7 Å². The Bertz CT molecular complexity index is 1240. The van der Waals surface area contributed by atoms with Gasteiger partial charge in [0.2, 0.25) is 0 Å². The molecule has 0 aliphatic heterocycles. The van der Waals surface area contributed by atoms with Crippen LogP contribution >= 0.6 is 0 Å². The van der Waals surface area contributed by atoms with Gasteiger partial charge in [0.05, 0.1) is 12.5 Å². The van der Waals surface area contributed by atoms with Crippen LogP contribution in [0.4, 0.5) is 8.78 Å². The minimum atomic E-state index is -0.624. The topological polar surface area (TPSA) is 72.7 Å². The Hall–Kier alpha value is -3.68. The second-order valence-corrected chi connectivity index (χ2v) is 6.46. The highest BCUT2D eigenvalue weighted by atomic mass is 19.1. The molecular weight excluding hydrogens is 376 g/mol. The summed E-state index contributed by atoms with van der Waals surface area (Å²) in [5, 5.41) is 10.6. The molecule has 4 aromatic rings. The Morgan fingerprint density at radius 2 is 1.93 bits per heavy atom. The van der Waals surface area contributed by atoms with Gasteiger partial charge < -0.3 is 9.88 Å². The van der Waals surface area contributed by atoms with Crippen molar-refractivity contribution in [2.45, 2.75) is 13.5 Å². The van der Waals surface area contributed by atoms with E-state index in [1.54, 1.807) is 24.7 Å². The fraction of sp³-hybridized carbons (Fsp3) is 0.143. The Labute approximate surface area is 165 Å². The highest BCUT2D eigenvalue weighted by Crippen LogP contribution is 2.32. The Kier molecular flexibility index (Phi) is 4.75. The fourth-order valence-electron chi connectivity index (χ4n) is 3.25. The van der Waals surface area contributed by atoms with Crippen molar-refractivity contribution in [1.29, 1.82) is 0 Å². The van der Waals surface area contributed by atoms with E-state index in [0.717, 1.165) is 6.07 Å². The molecule has 0 saturated carbocycles. The number of rotatable bonds is 4. The van der Waals surface area contributed by atoms with Crippen LogP contribution in [0.25, 0.3) is 33.4 Å². The zero-order chi connectivity index (χ0) is 20.5.